The lowest BCUT2D eigenvalue weighted by molar-refractivity contribution is -0.145. The molecule has 0 bridgehead atoms. The molecule has 0 saturated carbocycles. The topological polar surface area (TPSA) is 66.8 Å². The first-order chi connectivity index (χ1) is 14.9. The van der Waals surface area contributed by atoms with Crippen LogP contribution in [0.25, 0.3) is 6.08 Å². The highest BCUT2D eigenvalue weighted by Gasteiger charge is 2.40. The fourth-order valence-electron chi connectivity index (χ4n) is 3.21. The Labute approximate surface area is 192 Å². The van der Waals surface area contributed by atoms with Crippen LogP contribution >= 0.6 is 24.0 Å². The Morgan fingerprint density at radius 3 is 2.68 bits per heavy atom. The van der Waals surface area contributed by atoms with Gasteiger partial charge in [0.05, 0.1) is 4.91 Å². The zero-order chi connectivity index (χ0) is 22.4. The number of amides is 1. The minimum absolute atomic E-state index is 0.284. The van der Waals surface area contributed by atoms with Crippen molar-refractivity contribution >= 4 is 46.3 Å². The summed E-state index contributed by atoms with van der Waals surface area (Å²) >= 11 is 6.46. The van der Waals surface area contributed by atoms with Gasteiger partial charge < -0.3 is 9.84 Å². The highest BCUT2D eigenvalue weighted by Crippen LogP contribution is 2.35. The molecule has 1 aliphatic heterocycles. The van der Waals surface area contributed by atoms with Gasteiger partial charge in [-0.2, -0.15) is 0 Å². The number of thioether (sulfide) groups is 1. The van der Waals surface area contributed by atoms with E-state index in [0.717, 1.165) is 29.3 Å². The Balaban J connectivity index is 1.73. The molecule has 1 amide bonds. The molecule has 1 saturated heterocycles. The van der Waals surface area contributed by atoms with Crippen molar-refractivity contribution in [2.75, 3.05) is 0 Å². The molecule has 0 aliphatic carbocycles. The molecule has 31 heavy (non-hydrogen) atoms. The van der Waals surface area contributed by atoms with Gasteiger partial charge in [0.25, 0.3) is 5.91 Å². The quantitative estimate of drug-likeness (QED) is 0.402. The first-order valence-corrected chi connectivity index (χ1v) is 11.4. The first kappa shape index (κ1) is 23.0. The summed E-state index contributed by atoms with van der Waals surface area (Å²) in [6.45, 7) is 4.47. The van der Waals surface area contributed by atoms with E-state index in [1.165, 1.54) is 10.5 Å². The fourth-order valence-corrected chi connectivity index (χ4v) is 4.56. The largest absolute Gasteiger partial charge is 0.489 e. The highest BCUT2D eigenvalue weighted by molar-refractivity contribution is 8.26. The van der Waals surface area contributed by atoms with Crippen molar-refractivity contribution in [3.8, 4) is 5.75 Å². The number of rotatable bonds is 9. The third-order valence-electron chi connectivity index (χ3n) is 4.93. The van der Waals surface area contributed by atoms with Gasteiger partial charge in [0.1, 0.15) is 22.7 Å². The second-order valence-corrected chi connectivity index (χ2v) is 9.07. The molecule has 1 atom stereocenters. The maximum absolute atomic E-state index is 12.9. The smallest absolute Gasteiger partial charge is 0.326 e. The standard InChI is InChI=1S/C24H25NO4S2/c1-3-4-8-20(23(27)28)25-22(26)21(31-24(25)30)14-18-6-5-7-19(13-18)29-15-17-11-9-16(2)10-12-17/h5-7,9-14,20H,3-4,8,15H2,1-2H3,(H,27,28). The van der Waals surface area contributed by atoms with E-state index in [-0.39, 0.29) is 10.2 Å². The summed E-state index contributed by atoms with van der Waals surface area (Å²) in [6.07, 6.45) is 3.68. The van der Waals surface area contributed by atoms with Crippen molar-refractivity contribution in [1.82, 2.24) is 4.90 Å². The maximum atomic E-state index is 12.9. The summed E-state index contributed by atoms with van der Waals surface area (Å²) in [5, 5.41) is 9.58. The maximum Gasteiger partial charge on any atom is 0.326 e. The molecule has 1 fully saturated rings. The Morgan fingerprint density at radius 1 is 1.26 bits per heavy atom. The number of thiocarbonyl (C=S) groups is 1. The summed E-state index contributed by atoms with van der Waals surface area (Å²) in [4.78, 5) is 26.3. The van der Waals surface area contributed by atoms with Crippen molar-refractivity contribution in [2.24, 2.45) is 0 Å². The number of hydrogen-bond donors (Lipinski definition) is 1. The van der Waals surface area contributed by atoms with Crippen molar-refractivity contribution in [1.29, 1.82) is 0 Å². The fraction of sp³-hybridized carbons (Fsp3) is 0.292. The van der Waals surface area contributed by atoms with Crippen molar-refractivity contribution in [2.45, 2.75) is 45.8 Å². The van der Waals surface area contributed by atoms with Crippen LogP contribution in [0.5, 0.6) is 5.75 Å². The molecular weight excluding hydrogens is 430 g/mol. The number of ether oxygens (including phenoxy) is 1. The van der Waals surface area contributed by atoms with E-state index >= 15 is 0 Å². The zero-order valence-corrected chi connectivity index (χ0v) is 19.2. The normalized spacial score (nSPS) is 16.1. The summed E-state index contributed by atoms with van der Waals surface area (Å²) < 4.78 is 6.17. The number of nitrogens with zero attached hydrogens (tertiary/aromatic N) is 1. The van der Waals surface area contributed by atoms with Crippen LogP contribution in [-0.4, -0.2) is 32.2 Å². The minimum atomic E-state index is -1.03. The van der Waals surface area contributed by atoms with Crippen LogP contribution in [0.15, 0.2) is 53.4 Å². The van der Waals surface area contributed by atoms with Gasteiger partial charge >= 0.3 is 5.97 Å². The molecule has 3 rings (SSSR count). The molecule has 1 heterocycles. The van der Waals surface area contributed by atoms with Gasteiger partial charge in [0, 0.05) is 0 Å². The number of aliphatic carboxylic acids is 1. The van der Waals surface area contributed by atoms with Crippen LogP contribution in [0.2, 0.25) is 0 Å². The Hall–Kier alpha value is -2.64. The van der Waals surface area contributed by atoms with Gasteiger partial charge in [0.2, 0.25) is 0 Å². The van der Waals surface area contributed by atoms with Gasteiger partial charge in [-0.25, -0.2) is 4.79 Å². The van der Waals surface area contributed by atoms with Gasteiger partial charge in [0.15, 0.2) is 0 Å². The molecule has 1 aliphatic rings. The summed E-state index contributed by atoms with van der Waals surface area (Å²) in [5.41, 5.74) is 3.06. The second kappa shape index (κ2) is 10.6. The van der Waals surface area contributed by atoms with E-state index in [1.807, 2.05) is 62.4 Å². The molecule has 7 heteroatoms. The Bertz CT molecular complexity index is 1000. The summed E-state index contributed by atoms with van der Waals surface area (Å²) in [6, 6.07) is 14.7. The Morgan fingerprint density at radius 2 is 2.00 bits per heavy atom. The van der Waals surface area contributed by atoms with Crippen molar-refractivity contribution in [3.63, 3.8) is 0 Å². The van der Waals surface area contributed by atoms with Gasteiger partial charge in [-0.1, -0.05) is 85.7 Å². The second-order valence-electron chi connectivity index (χ2n) is 7.39. The van der Waals surface area contributed by atoms with Crippen molar-refractivity contribution in [3.05, 3.63) is 70.1 Å². The van der Waals surface area contributed by atoms with Crippen LogP contribution in [-0.2, 0) is 16.2 Å². The lowest BCUT2D eigenvalue weighted by Gasteiger charge is -2.22. The third kappa shape index (κ3) is 5.95. The monoisotopic (exact) mass is 455 g/mol. The van der Waals surface area contributed by atoms with Gasteiger partial charge in [-0.05, 0) is 42.7 Å². The average molecular weight is 456 g/mol. The van der Waals surface area contributed by atoms with Crippen LogP contribution in [0.3, 0.4) is 0 Å². The Kier molecular flexibility index (Phi) is 7.87. The van der Waals surface area contributed by atoms with Gasteiger partial charge in [-0.3, -0.25) is 9.69 Å². The highest BCUT2D eigenvalue weighted by atomic mass is 32.2. The van der Waals surface area contributed by atoms with Crippen LogP contribution in [0.1, 0.15) is 42.9 Å². The number of benzene rings is 2. The van der Waals surface area contributed by atoms with E-state index in [0.29, 0.717) is 30.1 Å². The van der Waals surface area contributed by atoms with E-state index in [4.69, 9.17) is 17.0 Å². The number of unbranched alkanes of at least 4 members (excludes halogenated alkanes) is 1. The van der Waals surface area contributed by atoms with E-state index in [9.17, 15) is 14.7 Å². The predicted octanol–water partition coefficient (Wildman–Crippen LogP) is 5.42. The third-order valence-corrected chi connectivity index (χ3v) is 6.26. The molecule has 0 aromatic heterocycles. The number of hydrogen-bond acceptors (Lipinski definition) is 5. The first-order valence-electron chi connectivity index (χ1n) is 10.2. The zero-order valence-electron chi connectivity index (χ0n) is 17.5. The van der Waals surface area contributed by atoms with E-state index in [1.54, 1.807) is 6.08 Å². The van der Waals surface area contributed by atoms with Crippen LogP contribution in [0.4, 0.5) is 0 Å². The molecular formula is C24H25NO4S2. The SMILES string of the molecule is CCCCC(C(=O)O)N1C(=O)C(=Cc2cccc(OCc3ccc(C)cc3)c2)SC1=S. The number of carboxylic acids is 1. The molecule has 5 nitrogen and oxygen atoms in total. The lowest BCUT2D eigenvalue weighted by atomic mass is 10.1. The minimum Gasteiger partial charge on any atom is -0.489 e. The average Bonchev–Trinajstić information content (AvgIpc) is 3.01. The molecule has 1 unspecified atom stereocenters. The number of aryl methyl sites for hydroxylation is 1. The molecule has 1 N–H and O–H groups in total. The molecule has 0 spiro atoms. The lowest BCUT2D eigenvalue weighted by Crippen LogP contribution is -2.43. The summed E-state index contributed by atoms with van der Waals surface area (Å²) in [7, 11) is 0. The molecule has 2 aromatic carbocycles. The number of carbonyl (C=O) groups excluding carboxylic acids is 1. The van der Waals surface area contributed by atoms with Crippen molar-refractivity contribution < 1.29 is 19.4 Å². The van der Waals surface area contributed by atoms with E-state index in [2.05, 4.69) is 0 Å². The van der Waals surface area contributed by atoms with Crippen LogP contribution in [0, 0.1) is 6.92 Å². The number of carboxylic acid groups (broad SMARTS) is 1. The van der Waals surface area contributed by atoms with Crippen LogP contribution < -0.4 is 4.74 Å². The molecule has 162 valence electrons. The van der Waals surface area contributed by atoms with E-state index < -0.39 is 12.0 Å². The predicted molar refractivity (Wildman–Crippen MR) is 128 cm³/mol. The summed E-state index contributed by atoms with van der Waals surface area (Å²) in [5.74, 6) is -0.696. The van der Waals surface area contributed by atoms with Gasteiger partial charge in [-0.15, -0.1) is 0 Å². The number of carbonyl (C=O) groups is 2. The molecule has 0 radical (unpaired) electrons. The molecule has 2 aromatic rings.